The summed E-state index contributed by atoms with van der Waals surface area (Å²) in [4.78, 5) is 29.9. The molecule has 2 aromatic carbocycles. The van der Waals surface area contributed by atoms with Gasteiger partial charge in [-0.25, -0.2) is 14.3 Å². The molecule has 3 aliphatic rings. The number of ether oxygens (including phenoxy) is 2. The molecule has 1 unspecified atom stereocenters. The Morgan fingerprint density at radius 1 is 1.02 bits per heavy atom. The van der Waals surface area contributed by atoms with Crippen molar-refractivity contribution >= 4 is 12.2 Å². The van der Waals surface area contributed by atoms with Gasteiger partial charge in [-0.2, -0.15) is 5.10 Å². The maximum Gasteiger partial charge on any atom is 0.410 e. The molecule has 2 amide bonds. The molecule has 9 nitrogen and oxygen atoms in total. The van der Waals surface area contributed by atoms with Crippen molar-refractivity contribution in [1.82, 2.24) is 19.6 Å². The molecule has 1 saturated carbocycles. The monoisotopic (exact) mass is 544 g/mol. The first-order valence-corrected chi connectivity index (χ1v) is 14.1. The van der Waals surface area contributed by atoms with Crippen LogP contribution in [-0.2, 0) is 28.9 Å². The normalized spacial score (nSPS) is 18.6. The second kappa shape index (κ2) is 10.2. The molecular weight excluding hydrogens is 508 g/mol. The van der Waals surface area contributed by atoms with E-state index in [-0.39, 0.29) is 18.9 Å². The average molecular weight is 545 g/mol. The Morgan fingerprint density at radius 2 is 1.80 bits per heavy atom. The first kappa shape index (κ1) is 26.2. The third-order valence-corrected chi connectivity index (χ3v) is 7.78. The summed E-state index contributed by atoms with van der Waals surface area (Å²) < 4.78 is 13.3. The van der Waals surface area contributed by atoms with Gasteiger partial charge in [0, 0.05) is 38.0 Å². The maximum absolute atomic E-state index is 13.4. The number of nitrogens with zero attached hydrogens (tertiary/aromatic N) is 4. The summed E-state index contributed by atoms with van der Waals surface area (Å²) in [6.07, 6.45) is 2.54. The molecule has 0 saturated heterocycles. The molecule has 2 aliphatic heterocycles. The highest BCUT2D eigenvalue weighted by molar-refractivity contribution is 5.71. The van der Waals surface area contributed by atoms with Gasteiger partial charge in [-0.3, -0.25) is 4.90 Å². The number of rotatable bonds is 4. The van der Waals surface area contributed by atoms with E-state index in [1.165, 1.54) is 0 Å². The lowest BCUT2D eigenvalue weighted by molar-refractivity contribution is 0.00940. The summed E-state index contributed by atoms with van der Waals surface area (Å²) in [7, 11) is 0. The second-order valence-electron chi connectivity index (χ2n) is 11.9. The number of hydrogen-bond acceptors (Lipinski definition) is 6. The van der Waals surface area contributed by atoms with Crippen LogP contribution in [0.3, 0.4) is 0 Å². The van der Waals surface area contributed by atoms with E-state index < -0.39 is 23.8 Å². The van der Waals surface area contributed by atoms with Crippen LogP contribution < -0.4 is 0 Å². The first-order valence-electron chi connectivity index (χ1n) is 14.1. The quantitative estimate of drug-likeness (QED) is 0.467. The van der Waals surface area contributed by atoms with Gasteiger partial charge in [0.25, 0.3) is 0 Å². The fourth-order valence-electron chi connectivity index (χ4n) is 5.70. The number of carbonyl (C=O) groups excluding carboxylic acids is 2. The zero-order chi connectivity index (χ0) is 28.0. The van der Waals surface area contributed by atoms with Gasteiger partial charge in [0.1, 0.15) is 23.6 Å². The van der Waals surface area contributed by atoms with Crippen molar-refractivity contribution < 1.29 is 24.2 Å². The molecule has 1 aliphatic carbocycles. The zero-order valence-corrected chi connectivity index (χ0v) is 23.3. The van der Waals surface area contributed by atoms with Crippen LogP contribution in [-0.4, -0.2) is 62.1 Å². The minimum Gasteiger partial charge on any atom is -0.506 e. The van der Waals surface area contributed by atoms with Gasteiger partial charge in [0.05, 0.1) is 17.4 Å². The van der Waals surface area contributed by atoms with Crippen LogP contribution in [0.4, 0.5) is 9.59 Å². The number of aromatic nitrogens is 2. The molecule has 1 atom stereocenters. The Kier molecular flexibility index (Phi) is 6.68. The predicted molar refractivity (Wildman–Crippen MR) is 148 cm³/mol. The van der Waals surface area contributed by atoms with E-state index in [1.54, 1.807) is 9.80 Å². The predicted octanol–water partition coefficient (Wildman–Crippen LogP) is 5.48. The van der Waals surface area contributed by atoms with E-state index in [2.05, 4.69) is 6.07 Å². The van der Waals surface area contributed by atoms with Crippen molar-refractivity contribution in [3.05, 3.63) is 76.6 Å². The number of aromatic hydroxyl groups is 1. The Hall–Kier alpha value is -4.01. The van der Waals surface area contributed by atoms with Crippen LogP contribution in [0.15, 0.2) is 48.5 Å². The first-order chi connectivity index (χ1) is 19.2. The largest absolute Gasteiger partial charge is 0.506 e. The summed E-state index contributed by atoms with van der Waals surface area (Å²) in [6.45, 7) is 6.79. The third-order valence-electron chi connectivity index (χ3n) is 7.78. The summed E-state index contributed by atoms with van der Waals surface area (Å²) in [5, 5.41) is 15.9. The van der Waals surface area contributed by atoms with E-state index >= 15 is 0 Å². The molecule has 3 heterocycles. The van der Waals surface area contributed by atoms with Crippen LogP contribution in [0.5, 0.6) is 5.75 Å². The smallest absolute Gasteiger partial charge is 0.410 e. The van der Waals surface area contributed by atoms with E-state index in [4.69, 9.17) is 14.6 Å². The van der Waals surface area contributed by atoms with Crippen molar-refractivity contribution in [3.8, 4) is 11.4 Å². The molecule has 40 heavy (non-hydrogen) atoms. The average Bonchev–Trinajstić information content (AvgIpc) is 3.73. The standard InChI is InChI=1S/C31H36N4O5/c1-31(2,3)40-30(38)34-16-14-25-28-23(32-35(25)24-12-11-22(17-27(24)36)21-9-10-21)13-15-33(18-26(28)34)29(37)39-19-20-7-5-4-6-8-20/h4-8,11-12,17,21,26,36H,9-10,13-16,18-19H2,1-3H3. The lowest BCUT2D eigenvalue weighted by Gasteiger charge is -2.38. The third kappa shape index (κ3) is 5.24. The fourth-order valence-corrected chi connectivity index (χ4v) is 5.70. The van der Waals surface area contributed by atoms with Gasteiger partial charge in [0.15, 0.2) is 0 Å². The molecule has 6 rings (SSSR count). The van der Waals surface area contributed by atoms with Crippen LogP contribution in [0.2, 0.25) is 0 Å². The molecule has 1 fully saturated rings. The maximum atomic E-state index is 13.4. The lowest BCUT2D eigenvalue weighted by atomic mass is 9.96. The molecular formula is C31H36N4O5. The molecule has 1 aromatic heterocycles. The highest BCUT2D eigenvalue weighted by atomic mass is 16.6. The van der Waals surface area contributed by atoms with Gasteiger partial charge in [-0.1, -0.05) is 36.4 Å². The number of phenolic OH excluding ortho intramolecular Hbond substituents is 1. The van der Waals surface area contributed by atoms with Crippen molar-refractivity contribution in [1.29, 1.82) is 0 Å². The van der Waals surface area contributed by atoms with Gasteiger partial charge in [0.2, 0.25) is 0 Å². The van der Waals surface area contributed by atoms with Crippen molar-refractivity contribution in [2.45, 2.75) is 70.6 Å². The van der Waals surface area contributed by atoms with Crippen LogP contribution in [0.25, 0.3) is 5.69 Å². The number of amides is 2. The Bertz CT molecular complexity index is 1420. The lowest BCUT2D eigenvalue weighted by Crippen LogP contribution is -2.47. The van der Waals surface area contributed by atoms with Crippen LogP contribution in [0.1, 0.15) is 73.7 Å². The highest BCUT2D eigenvalue weighted by Gasteiger charge is 2.42. The van der Waals surface area contributed by atoms with E-state index in [9.17, 15) is 14.7 Å². The molecule has 9 heteroatoms. The minimum absolute atomic E-state index is 0.176. The molecule has 3 aromatic rings. The van der Waals surface area contributed by atoms with Gasteiger partial charge in [-0.15, -0.1) is 0 Å². The fraction of sp³-hybridized carbons (Fsp3) is 0.452. The van der Waals surface area contributed by atoms with Gasteiger partial charge < -0.3 is 19.5 Å². The highest BCUT2D eigenvalue weighted by Crippen LogP contribution is 2.43. The molecule has 0 spiro atoms. The van der Waals surface area contributed by atoms with E-state index in [0.717, 1.165) is 40.9 Å². The topological polar surface area (TPSA) is 97.1 Å². The van der Waals surface area contributed by atoms with E-state index in [0.29, 0.717) is 37.5 Å². The van der Waals surface area contributed by atoms with Crippen LogP contribution >= 0.6 is 0 Å². The molecule has 210 valence electrons. The minimum atomic E-state index is -0.654. The number of phenols is 1. The van der Waals surface area contributed by atoms with Gasteiger partial charge >= 0.3 is 12.2 Å². The number of carbonyl (C=O) groups is 2. The number of benzene rings is 2. The molecule has 1 N–H and O–H groups in total. The Balaban J connectivity index is 1.31. The Labute approximate surface area is 234 Å². The Morgan fingerprint density at radius 3 is 2.50 bits per heavy atom. The van der Waals surface area contributed by atoms with Crippen molar-refractivity contribution in [2.75, 3.05) is 19.6 Å². The van der Waals surface area contributed by atoms with E-state index in [1.807, 2.05) is 67.9 Å². The zero-order valence-electron chi connectivity index (χ0n) is 23.3. The van der Waals surface area contributed by atoms with Crippen molar-refractivity contribution in [2.24, 2.45) is 0 Å². The van der Waals surface area contributed by atoms with Gasteiger partial charge in [-0.05, 0) is 62.8 Å². The summed E-state index contributed by atoms with van der Waals surface area (Å²) >= 11 is 0. The number of hydrogen-bond donors (Lipinski definition) is 1. The summed E-state index contributed by atoms with van der Waals surface area (Å²) in [5.41, 5.74) is 4.75. The SMILES string of the molecule is CC(C)(C)OC(=O)N1CCc2c3c(nn2-c2ccc(C4CC4)cc2O)CCN(C(=O)OCc2ccccc2)CC31. The summed E-state index contributed by atoms with van der Waals surface area (Å²) in [5.74, 6) is 0.739. The second-order valence-corrected chi connectivity index (χ2v) is 11.9. The van der Waals surface area contributed by atoms with Crippen LogP contribution in [0, 0.1) is 0 Å². The molecule has 0 bridgehead atoms. The summed E-state index contributed by atoms with van der Waals surface area (Å²) in [6, 6.07) is 15.0. The molecule has 0 radical (unpaired) electrons. The van der Waals surface area contributed by atoms with Crippen molar-refractivity contribution in [3.63, 3.8) is 0 Å².